The first-order valence-corrected chi connectivity index (χ1v) is 6.75. The summed E-state index contributed by atoms with van der Waals surface area (Å²) >= 11 is 3.29. The number of hydrogen-bond acceptors (Lipinski definition) is 2. The minimum Gasteiger partial charge on any atom is -0.298 e. The maximum atomic E-state index is 13.0. The van der Waals surface area contributed by atoms with Crippen LogP contribution in [-0.2, 0) is 11.2 Å². The maximum Gasteiger partial charge on any atom is 0.153 e. The van der Waals surface area contributed by atoms with E-state index in [-0.39, 0.29) is 11.6 Å². The van der Waals surface area contributed by atoms with Crippen LogP contribution in [0.2, 0.25) is 0 Å². The fourth-order valence-corrected chi connectivity index (χ4v) is 2.92. The van der Waals surface area contributed by atoms with Crippen LogP contribution in [0.5, 0.6) is 0 Å². The highest BCUT2D eigenvalue weighted by Gasteiger charge is 2.40. The van der Waals surface area contributed by atoms with Gasteiger partial charge in [-0.2, -0.15) is 5.26 Å². The molecular formula is C14H13BrFNO. The van der Waals surface area contributed by atoms with Crippen LogP contribution >= 0.6 is 15.9 Å². The van der Waals surface area contributed by atoms with Crippen molar-refractivity contribution in [2.45, 2.75) is 32.1 Å². The molecule has 0 aromatic heterocycles. The van der Waals surface area contributed by atoms with Crippen molar-refractivity contribution in [3.8, 4) is 6.07 Å². The van der Waals surface area contributed by atoms with Gasteiger partial charge in [-0.3, -0.25) is 4.79 Å². The molecule has 0 amide bonds. The second-order valence-corrected chi connectivity index (χ2v) is 5.59. The smallest absolute Gasteiger partial charge is 0.153 e. The molecule has 0 saturated heterocycles. The molecule has 2 rings (SSSR count). The van der Waals surface area contributed by atoms with Crippen molar-refractivity contribution in [1.82, 2.24) is 0 Å². The van der Waals surface area contributed by atoms with Gasteiger partial charge in [-0.1, -0.05) is 28.4 Å². The molecule has 0 bridgehead atoms. The molecular weight excluding hydrogens is 297 g/mol. The van der Waals surface area contributed by atoms with Gasteiger partial charge in [0.25, 0.3) is 0 Å². The average Bonchev–Trinajstić information content (AvgIpc) is 2.35. The summed E-state index contributed by atoms with van der Waals surface area (Å²) in [6.45, 7) is 0. The van der Waals surface area contributed by atoms with Crippen molar-refractivity contribution in [2.75, 3.05) is 0 Å². The van der Waals surface area contributed by atoms with Crippen molar-refractivity contribution in [3.63, 3.8) is 0 Å². The van der Waals surface area contributed by atoms with Crippen LogP contribution in [0.4, 0.5) is 4.39 Å². The molecule has 1 aliphatic carbocycles. The lowest BCUT2D eigenvalue weighted by molar-refractivity contribution is -0.128. The standard InChI is InChI=1S/C14H13BrFNO/c15-12-7-11(16)5-4-10(12)8-14(9-17)6-2-1-3-13(14)18/h4-5,7H,1-3,6,8H2. The molecule has 0 radical (unpaired) electrons. The normalized spacial score (nSPS) is 23.7. The summed E-state index contributed by atoms with van der Waals surface area (Å²) in [6.07, 6.45) is 3.21. The number of halogens is 2. The summed E-state index contributed by atoms with van der Waals surface area (Å²) in [7, 11) is 0. The molecule has 1 unspecified atom stereocenters. The lowest BCUT2D eigenvalue weighted by Crippen LogP contribution is -2.35. The Balaban J connectivity index is 2.30. The predicted molar refractivity (Wildman–Crippen MR) is 69.3 cm³/mol. The Hall–Kier alpha value is -1.21. The summed E-state index contributed by atoms with van der Waals surface area (Å²) in [6, 6.07) is 6.56. The van der Waals surface area contributed by atoms with Crippen molar-refractivity contribution in [2.24, 2.45) is 5.41 Å². The number of benzene rings is 1. The van der Waals surface area contributed by atoms with Gasteiger partial charge in [-0.05, 0) is 37.0 Å². The molecule has 0 N–H and O–H groups in total. The van der Waals surface area contributed by atoms with E-state index in [1.165, 1.54) is 12.1 Å². The third-order valence-electron chi connectivity index (χ3n) is 3.51. The zero-order valence-corrected chi connectivity index (χ0v) is 11.5. The third-order valence-corrected chi connectivity index (χ3v) is 4.25. The number of carbonyl (C=O) groups excluding carboxylic acids is 1. The molecule has 1 fully saturated rings. The summed E-state index contributed by atoms with van der Waals surface area (Å²) in [5.74, 6) is -0.306. The van der Waals surface area contributed by atoms with Crippen LogP contribution in [0.15, 0.2) is 22.7 Å². The van der Waals surface area contributed by atoms with E-state index in [4.69, 9.17) is 0 Å². The van der Waals surface area contributed by atoms with Crippen LogP contribution in [0.1, 0.15) is 31.2 Å². The van der Waals surface area contributed by atoms with Crippen molar-refractivity contribution >= 4 is 21.7 Å². The molecule has 0 heterocycles. The molecule has 1 aromatic carbocycles. The van der Waals surface area contributed by atoms with Gasteiger partial charge in [-0.15, -0.1) is 0 Å². The first kappa shape index (κ1) is 13.2. The highest BCUT2D eigenvalue weighted by Crippen LogP contribution is 2.37. The van der Waals surface area contributed by atoms with Crippen LogP contribution in [-0.4, -0.2) is 5.78 Å². The summed E-state index contributed by atoms with van der Waals surface area (Å²) in [5.41, 5.74) is -0.105. The molecule has 2 nitrogen and oxygen atoms in total. The van der Waals surface area contributed by atoms with Crippen LogP contribution in [0.25, 0.3) is 0 Å². The molecule has 0 spiro atoms. The predicted octanol–water partition coefficient (Wildman–Crippen LogP) is 3.78. The van der Waals surface area contributed by atoms with E-state index in [1.54, 1.807) is 6.07 Å². The summed E-state index contributed by atoms with van der Waals surface area (Å²) in [5, 5.41) is 9.36. The minimum absolute atomic E-state index is 0.0208. The molecule has 1 aliphatic rings. The van der Waals surface area contributed by atoms with Crippen molar-refractivity contribution in [3.05, 3.63) is 34.1 Å². The second kappa shape index (κ2) is 5.19. The molecule has 18 heavy (non-hydrogen) atoms. The monoisotopic (exact) mass is 309 g/mol. The van der Waals surface area contributed by atoms with Crippen LogP contribution in [0, 0.1) is 22.6 Å². The van der Waals surface area contributed by atoms with E-state index in [9.17, 15) is 14.4 Å². The lowest BCUT2D eigenvalue weighted by atomic mass is 9.70. The molecule has 94 valence electrons. The van der Waals surface area contributed by atoms with Crippen molar-refractivity contribution in [1.29, 1.82) is 5.26 Å². The van der Waals surface area contributed by atoms with E-state index in [2.05, 4.69) is 22.0 Å². The number of nitriles is 1. The number of hydrogen-bond donors (Lipinski definition) is 0. The van der Waals surface area contributed by atoms with E-state index in [0.29, 0.717) is 23.7 Å². The fraction of sp³-hybridized carbons (Fsp3) is 0.429. The number of Topliss-reactive ketones (excluding diaryl/α,β-unsaturated/α-hetero) is 1. The van der Waals surface area contributed by atoms with Gasteiger partial charge >= 0.3 is 0 Å². The topological polar surface area (TPSA) is 40.9 Å². The van der Waals surface area contributed by atoms with E-state index in [1.807, 2.05) is 0 Å². The fourth-order valence-electron chi connectivity index (χ4n) is 2.43. The second-order valence-electron chi connectivity index (χ2n) is 4.74. The van der Waals surface area contributed by atoms with Gasteiger partial charge < -0.3 is 0 Å². The zero-order chi connectivity index (χ0) is 13.2. The molecule has 1 atom stereocenters. The van der Waals surface area contributed by atoms with Gasteiger partial charge in [0.05, 0.1) is 6.07 Å². The lowest BCUT2D eigenvalue weighted by Gasteiger charge is -2.29. The Morgan fingerprint density at radius 2 is 2.22 bits per heavy atom. The number of nitrogens with zero attached hydrogens (tertiary/aromatic N) is 1. The molecule has 0 aliphatic heterocycles. The molecule has 4 heteroatoms. The van der Waals surface area contributed by atoms with E-state index >= 15 is 0 Å². The highest BCUT2D eigenvalue weighted by atomic mass is 79.9. The Morgan fingerprint density at radius 3 is 2.83 bits per heavy atom. The molecule has 1 saturated carbocycles. The SMILES string of the molecule is N#CC1(Cc2ccc(F)cc2Br)CCCCC1=O. The van der Waals surface area contributed by atoms with Gasteiger partial charge in [0, 0.05) is 10.9 Å². The Labute approximate surface area is 114 Å². The highest BCUT2D eigenvalue weighted by molar-refractivity contribution is 9.10. The first-order valence-electron chi connectivity index (χ1n) is 5.96. The summed E-state index contributed by atoms with van der Waals surface area (Å²) in [4.78, 5) is 12.0. The Morgan fingerprint density at radius 1 is 1.44 bits per heavy atom. The van der Waals surface area contributed by atoms with E-state index < -0.39 is 5.41 Å². The Bertz CT molecular complexity index is 523. The number of carbonyl (C=O) groups is 1. The number of ketones is 1. The van der Waals surface area contributed by atoms with Gasteiger partial charge in [0.1, 0.15) is 11.2 Å². The van der Waals surface area contributed by atoms with E-state index in [0.717, 1.165) is 18.4 Å². The van der Waals surface area contributed by atoms with Gasteiger partial charge in [-0.25, -0.2) is 4.39 Å². The minimum atomic E-state index is -0.918. The molecule has 1 aromatic rings. The first-order chi connectivity index (χ1) is 8.57. The Kier molecular flexibility index (Phi) is 3.82. The van der Waals surface area contributed by atoms with Crippen molar-refractivity contribution < 1.29 is 9.18 Å². The summed E-state index contributed by atoms with van der Waals surface area (Å²) < 4.78 is 13.6. The third kappa shape index (κ3) is 2.46. The maximum absolute atomic E-state index is 13.0. The quantitative estimate of drug-likeness (QED) is 0.834. The van der Waals surface area contributed by atoms with Gasteiger partial charge in [0.15, 0.2) is 5.78 Å². The largest absolute Gasteiger partial charge is 0.298 e. The zero-order valence-electron chi connectivity index (χ0n) is 9.88. The number of rotatable bonds is 2. The van der Waals surface area contributed by atoms with Crippen LogP contribution in [0.3, 0.4) is 0 Å². The van der Waals surface area contributed by atoms with Gasteiger partial charge in [0.2, 0.25) is 0 Å². The average molecular weight is 310 g/mol. The van der Waals surface area contributed by atoms with Crippen LogP contribution < -0.4 is 0 Å².